The van der Waals surface area contributed by atoms with Gasteiger partial charge in [0.1, 0.15) is 16.7 Å². The van der Waals surface area contributed by atoms with Gasteiger partial charge in [0, 0.05) is 44.3 Å². The minimum absolute atomic E-state index is 0.153. The maximum atomic E-state index is 7.06. The third kappa shape index (κ3) is 4.80. The third-order valence-electron chi connectivity index (χ3n) is 12.5. The topological polar surface area (TPSA) is 29.5 Å². The summed E-state index contributed by atoms with van der Waals surface area (Å²) in [6, 6.07) is 67.5. The zero-order valence-electron chi connectivity index (χ0n) is 32.2. The molecule has 0 spiro atoms. The van der Waals surface area contributed by atoms with Crippen molar-refractivity contribution in [2.45, 2.75) is 19.3 Å². The lowest BCUT2D eigenvalue weighted by atomic mass is 9.82. The highest BCUT2D eigenvalue weighted by Crippen LogP contribution is 2.52. The Hall–Kier alpha value is -7.36. The van der Waals surface area contributed by atoms with Crippen LogP contribution in [0.1, 0.15) is 25.0 Å². The van der Waals surface area contributed by atoms with Crippen molar-refractivity contribution >= 4 is 71.7 Å². The van der Waals surface area contributed by atoms with Crippen molar-refractivity contribution in [2.24, 2.45) is 0 Å². The van der Waals surface area contributed by atoms with E-state index in [1.165, 1.54) is 44.2 Å². The monoisotopic (exact) mass is 743 g/mol. The smallest absolute Gasteiger partial charge is 0.159 e. The van der Waals surface area contributed by atoms with Crippen molar-refractivity contribution in [3.63, 3.8) is 0 Å². The minimum atomic E-state index is -0.153. The van der Waals surface area contributed by atoms with Crippen LogP contribution in [0.2, 0.25) is 0 Å². The van der Waals surface area contributed by atoms with Gasteiger partial charge in [-0.1, -0.05) is 153 Å². The van der Waals surface area contributed by atoms with Gasteiger partial charge in [-0.05, 0) is 92.2 Å². The molecule has 3 nitrogen and oxygen atoms in total. The summed E-state index contributed by atoms with van der Waals surface area (Å²) < 4.78 is 13.8. The zero-order valence-corrected chi connectivity index (χ0v) is 32.2. The molecule has 0 aliphatic heterocycles. The van der Waals surface area contributed by atoms with Gasteiger partial charge in [0.05, 0.1) is 11.4 Å². The fourth-order valence-corrected chi connectivity index (χ4v) is 9.62. The third-order valence-corrected chi connectivity index (χ3v) is 12.5. The first-order chi connectivity index (χ1) is 28.5. The first-order valence-electron chi connectivity index (χ1n) is 20.0. The van der Waals surface area contributed by atoms with Crippen LogP contribution in [0.4, 0.5) is 17.1 Å². The predicted molar refractivity (Wildman–Crippen MR) is 242 cm³/mol. The summed E-state index contributed by atoms with van der Waals surface area (Å²) in [5.41, 5.74) is 16.2. The van der Waals surface area contributed by atoms with Crippen molar-refractivity contribution in [1.82, 2.24) is 0 Å². The summed E-state index contributed by atoms with van der Waals surface area (Å²) in [6.45, 7) is 4.67. The lowest BCUT2D eigenvalue weighted by Crippen LogP contribution is -2.16. The number of anilines is 3. The van der Waals surface area contributed by atoms with Crippen molar-refractivity contribution in [3.8, 4) is 33.4 Å². The van der Waals surface area contributed by atoms with Gasteiger partial charge in [-0.2, -0.15) is 0 Å². The van der Waals surface area contributed by atoms with E-state index in [4.69, 9.17) is 8.83 Å². The SMILES string of the molecule is CC1(C)c2ccccc2-c2ccc(N(c3ccc4c(c3)oc3c(-c5ccc(-c6ccccc6)cc5)c5ccccc5cc34)c3cccc4c3oc3ccccc34)cc21. The molecule has 0 amide bonds. The first kappa shape index (κ1) is 32.8. The van der Waals surface area contributed by atoms with E-state index < -0.39 is 0 Å². The number of nitrogens with zero attached hydrogens (tertiary/aromatic N) is 1. The van der Waals surface area contributed by atoms with Crippen LogP contribution in [0.3, 0.4) is 0 Å². The van der Waals surface area contributed by atoms with E-state index in [1.54, 1.807) is 0 Å². The molecule has 1 aliphatic carbocycles. The Morgan fingerprint density at radius 1 is 0.397 bits per heavy atom. The van der Waals surface area contributed by atoms with E-state index in [9.17, 15) is 0 Å². The number of para-hydroxylation sites is 2. The molecule has 0 fully saturated rings. The van der Waals surface area contributed by atoms with Crippen LogP contribution in [-0.2, 0) is 5.41 Å². The number of benzene rings is 9. The standard InChI is InChI=1S/C55H37NO2/c1-55(2)47-20-10-8-17-41(47)42-29-27-38(32-48(42)55)56(49-21-12-19-45-43-18-9-11-22-50(43)57-53(45)49)39-28-30-44-46-31-37-15-6-7-16-40(37)52(54(46)58-51(44)33-39)36-25-23-35(24-26-36)34-13-4-3-5-14-34/h3-33H,1-2H3. The summed E-state index contributed by atoms with van der Waals surface area (Å²) in [4.78, 5) is 2.34. The average Bonchev–Trinajstić information content (AvgIpc) is 3.91. The van der Waals surface area contributed by atoms with Crippen molar-refractivity contribution in [3.05, 3.63) is 199 Å². The van der Waals surface area contributed by atoms with Crippen LogP contribution in [0.15, 0.2) is 197 Å². The number of fused-ring (bicyclic) bond motifs is 10. The molecule has 0 unspecified atom stereocenters. The van der Waals surface area contributed by atoms with Gasteiger partial charge in [-0.3, -0.25) is 0 Å². The number of hydrogen-bond donors (Lipinski definition) is 0. The average molecular weight is 744 g/mol. The molecule has 3 heteroatoms. The molecule has 58 heavy (non-hydrogen) atoms. The molecule has 2 heterocycles. The molecule has 0 saturated heterocycles. The van der Waals surface area contributed by atoms with E-state index in [0.29, 0.717) is 0 Å². The van der Waals surface area contributed by atoms with Crippen LogP contribution >= 0.6 is 0 Å². The van der Waals surface area contributed by atoms with Gasteiger partial charge in [0.15, 0.2) is 5.58 Å². The molecule has 0 atom stereocenters. The van der Waals surface area contributed by atoms with E-state index in [-0.39, 0.29) is 5.41 Å². The molecule has 0 radical (unpaired) electrons. The fraction of sp³-hybridized carbons (Fsp3) is 0.0545. The molecule has 0 N–H and O–H groups in total. The van der Waals surface area contributed by atoms with Gasteiger partial charge in [0.25, 0.3) is 0 Å². The van der Waals surface area contributed by atoms with Crippen molar-refractivity contribution in [1.29, 1.82) is 0 Å². The van der Waals surface area contributed by atoms with Crippen molar-refractivity contribution in [2.75, 3.05) is 4.90 Å². The highest BCUT2D eigenvalue weighted by molar-refractivity contribution is 6.19. The Kier molecular flexibility index (Phi) is 6.98. The molecule has 12 rings (SSSR count). The van der Waals surface area contributed by atoms with Gasteiger partial charge >= 0.3 is 0 Å². The van der Waals surface area contributed by atoms with Crippen LogP contribution in [0.5, 0.6) is 0 Å². The molecule has 0 saturated carbocycles. The molecule has 1 aliphatic rings. The highest BCUT2D eigenvalue weighted by atomic mass is 16.3. The lowest BCUT2D eigenvalue weighted by Gasteiger charge is -2.28. The second-order valence-electron chi connectivity index (χ2n) is 16.1. The Morgan fingerprint density at radius 3 is 1.91 bits per heavy atom. The first-order valence-corrected chi connectivity index (χ1v) is 20.0. The molecule has 274 valence electrons. The predicted octanol–water partition coefficient (Wildman–Crippen LogP) is 15.7. The quantitative estimate of drug-likeness (QED) is 0.176. The summed E-state index contributed by atoms with van der Waals surface area (Å²) in [7, 11) is 0. The van der Waals surface area contributed by atoms with E-state index >= 15 is 0 Å². The second-order valence-corrected chi connectivity index (χ2v) is 16.1. The Labute approximate surface area is 336 Å². The zero-order chi connectivity index (χ0) is 38.5. The van der Waals surface area contributed by atoms with Crippen LogP contribution in [0.25, 0.3) is 88.0 Å². The lowest BCUT2D eigenvalue weighted by molar-refractivity contribution is 0.660. The van der Waals surface area contributed by atoms with E-state index in [2.05, 4.69) is 201 Å². The Bertz CT molecular complexity index is 3420. The van der Waals surface area contributed by atoms with Crippen LogP contribution in [-0.4, -0.2) is 0 Å². The Balaban J connectivity index is 1.08. The molecular formula is C55H37NO2. The number of furan rings is 2. The summed E-state index contributed by atoms with van der Waals surface area (Å²) in [5.74, 6) is 0. The maximum absolute atomic E-state index is 7.06. The van der Waals surface area contributed by atoms with Gasteiger partial charge in [-0.15, -0.1) is 0 Å². The number of rotatable bonds is 5. The molecule has 0 bridgehead atoms. The highest BCUT2D eigenvalue weighted by Gasteiger charge is 2.36. The van der Waals surface area contributed by atoms with Gasteiger partial charge in [-0.25, -0.2) is 0 Å². The summed E-state index contributed by atoms with van der Waals surface area (Å²) >= 11 is 0. The summed E-state index contributed by atoms with van der Waals surface area (Å²) in [5, 5.41) is 6.73. The largest absolute Gasteiger partial charge is 0.455 e. The van der Waals surface area contributed by atoms with Crippen LogP contribution < -0.4 is 4.90 Å². The molecular weight excluding hydrogens is 707 g/mol. The second kappa shape index (κ2) is 12.3. The van der Waals surface area contributed by atoms with Gasteiger partial charge in [0.2, 0.25) is 0 Å². The normalized spacial score (nSPS) is 13.1. The minimum Gasteiger partial charge on any atom is -0.455 e. The number of hydrogen-bond acceptors (Lipinski definition) is 3. The fourth-order valence-electron chi connectivity index (χ4n) is 9.62. The van der Waals surface area contributed by atoms with Crippen LogP contribution in [0, 0.1) is 0 Å². The van der Waals surface area contributed by atoms with Crippen molar-refractivity contribution < 1.29 is 8.83 Å². The van der Waals surface area contributed by atoms with E-state index in [0.717, 1.165) is 72.1 Å². The summed E-state index contributed by atoms with van der Waals surface area (Å²) in [6.07, 6.45) is 0. The molecule has 11 aromatic rings. The van der Waals surface area contributed by atoms with Gasteiger partial charge < -0.3 is 13.7 Å². The molecule has 2 aromatic heterocycles. The molecule has 9 aromatic carbocycles. The Morgan fingerprint density at radius 2 is 1.03 bits per heavy atom. The van der Waals surface area contributed by atoms with E-state index in [1.807, 2.05) is 6.07 Å². The maximum Gasteiger partial charge on any atom is 0.159 e.